The minimum absolute atomic E-state index is 0.156. The molecule has 1 aromatic carbocycles. The highest BCUT2D eigenvalue weighted by Gasteiger charge is 2.28. The Balaban J connectivity index is 2.67. The summed E-state index contributed by atoms with van der Waals surface area (Å²) in [6, 6.07) is 7.79. The van der Waals surface area contributed by atoms with Gasteiger partial charge in [-0.3, -0.25) is 9.10 Å². The number of rotatable bonds is 9. The van der Waals surface area contributed by atoms with E-state index in [0.29, 0.717) is 25.3 Å². The molecule has 0 saturated heterocycles. The van der Waals surface area contributed by atoms with E-state index in [1.165, 1.54) is 0 Å². The van der Waals surface area contributed by atoms with Crippen molar-refractivity contribution in [1.29, 1.82) is 0 Å². The maximum Gasteiger partial charge on any atom is 0.243 e. The Morgan fingerprint density at radius 1 is 1.22 bits per heavy atom. The number of ether oxygens (including phenoxy) is 1. The molecule has 0 radical (unpaired) electrons. The smallest absolute Gasteiger partial charge is 0.243 e. The van der Waals surface area contributed by atoms with Gasteiger partial charge >= 0.3 is 0 Å². The molecule has 0 aromatic heterocycles. The first kappa shape index (κ1) is 19.4. The molecule has 1 N–H and O–H groups in total. The van der Waals surface area contributed by atoms with E-state index in [2.05, 4.69) is 5.32 Å². The number of carbonyl (C=O) groups is 1. The summed E-state index contributed by atoms with van der Waals surface area (Å²) in [5.41, 5.74) is 0.473. The van der Waals surface area contributed by atoms with E-state index in [1.54, 1.807) is 37.3 Å². The van der Waals surface area contributed by atoms with Crippen LogP contribution in [0.2, 0.25) is 0 Å². The van der Waals surface area contributed by atoms with Crippen LogP contribution in [0.5, 0.6) is 0 Å². The van der Waals surface area contributed by atoms with Crippen molar-refractivity contribution in [1.82, 2.24) is 5.32 Å². The highest BCUT2D eigenvalue weighted by Crippen LogP contribution is 2.20. The topological polar surface area (TPSA) is 75.7 Å². The molecule has 1 amide bonds. The molecule has 1 aromatic rings. The van der Waals surface area contributed by atoms with Crippen molar-refractivity contribution in [2.45, 2.75) is 39.3 Å². The van der Waals surface area contributed by atoms with Crippen LogP contribution in [0.4, 0.5) is 5.69 Å². The van der Waals surface area contributed by atoms with Gasteiger partial charge < -0.3 is 10.1 Å². The van der Waals surface area contributed by atoms with Crippen LogP contribution in [0.25, 0.3) is 0 Å². The van der Waals surface area contributed by atoms with Crippen LogP contribution in [0.3, 0.4) is 0 Å². The van der Waals surface area contributed by atoms with E-state index in [4.69, 9.17) is 4.74 Å². The predicted octanol–water partition coefficient (Wildman–Crippen LogP) is 1.77. The van der Waals surface area contributed by atoms with Crippen LogP contribution in [-0.2, 0) is 19.6 Å². The first-order valence-electron chi connectivity index (χ1n) is 7.67. The normalized spacial score (nSPS) is 12.9. The van der Waals surface area contributed by atoms with E-state index < -0.39 is 16.1 Å². The minimum atomic E-state index is -3.56. The predicted molar refractivity (Wildman–Crippen MR) is 91.9 cm³/mol. The van der Waals surface area contributed by atoms with Crippen LogP contribution in [-0.4, -0.2) is 45.9 Å². The van der Waals surface area contributed by atoms with Crippen molar-refractivity contribution in [2.75, 3.05) is 23.7 Å². The average Bonchev–Trinajstić information content (AvgIpc) is 2.46. The zero-order valence-corrected chi connectivity index (χ0v) is 15.0. The zero-order valence-electron chi connectivity index (χ0n) is 14.2. The van der Waals surface area contributed by atoms with Crippen molar-refractivity contribution >= 4 is 21.6 Å². The van der Waals surface area contributed by atoms with Crippen molar-refractivity contribution < 1.29 is 17.9 Å². The summed E-state index contributed by atoms with van der Waals surface area (Å²) >= 11 is 0. The molecule has 0 heterocycles. The number of anilines is 1. The van der Waals surface area contributed by atoms with Gasteiger partial charge in [-0.15, -0.1) is 0 Å². The van der Waals surface area contributed by atoms with Gasteiger partial charge in [-0.05, 0) is 39.3 Å². The van der Waals surface area contributed by atoms with Crippen LogP contribution in [0.1, 0.15) is 27.2 Å². The number of sulfonamides is 1. The van der Waals surface area contributed by atoms with Gasteiger partial charge in [0, 0.05) is 13.2 Å². The standard InChI is InChI=1S/C16H26N2O4S/c1-13(2)22-12-8-11-17-16(19)14(3)18(23(4,20)21)15-9-6-5-7-10-15/h5-7,9-10,13-14H,8,11-12H2,1-4H3,(H,17,19). The van der Waals surface area contributed by atoms with Gasteiger partial charge in [0.1, 0.15) is 6.04 Å². The number of nitrogens with zero attached hydrogens (tertiary/aromatic N) is 1. The summed E-state index contributed by atoms with van der Waals surface area (Å²) < 4.78 is 30.6. The van der Waals surface area contributed by atoms with Crippen molar-refractivity contribution in [2.24, 2.45) is 0 Å². The van der Waals surface area contributed by atoms with Crippen LogP contribution in [0, 0.1) is 0 Å². The number of hydrogen-bond donors (Lipinski definition) is 1. The van der Waals surface area contributed by atoms with E-state index in [-0.39, 0.29) is 12.0 Å². The highest BCUT2D eigenvalue weighted by atomic mass is 32.2. The van der Waals surface area contributed by atoms with E-state index in [1.807, 2.05) is 13.8 Å². The van der Waals surface area contributed by atoms with Crippen molar-refractivity contribution in [3.05, 3.63) is 30.3 Å². The summed E-state index contributed by atoms with van der Waals surface area (Å²) in [5.74, 6) is -0.330. The van der Waals surface area contributed by atoms with Gasteiger partial charge in [-0.25, -0.2) is 8.42 Å². The monoisotopic (exact) mass is 342 g/mol. The number of amides is 1. The van der Waals surface area contributed by atoms with E-state index in [9.17, 15) is 13.2 Å². The van der Waals surface area contributed by atoms with Gasteiger partial charge in [0.2, 0.25) is 15.9 Å². The summed E-state index contributed by atoms with van der Waals surface area (Å²) in [7, 11) is -3.56. The van der Waals surface area contributed by atoms with Crippen LogP contribution >= 0.6 is 0 Å². The first-order chi connectivity index (χ1) is 10.7. The Kier molecular flexibility index (Phi) is 7.51. The molecule has 0 bridgehead atoms. The summed E-state index contributed by atoms with van der Waals surface area (Å²) in [5, 5.41) is 2.75. The lowest BCUT2D eigenvalue weighted by molar-refractivity contribution is -0.121. The van der Waals surface area contributed by atoms with Gasteiger partial charge in [0.25, 0.3) is 0 Å². The summed E-state index contributed by atoms with van der Waals surface area (Å²) in [6.07, 6.45) is 1.93. The third kappa shape index (κ3) is 6.58. The van der Waals surface area contributed by atoms with Gasteiger partial charge in [0.05, 0.1) is 18.0 Å². The van der Waals surface area contributed by atoms with Crippen molar-refractivity contribution in [3.63, 3.8) is 0 Å². The fraction of sp³-hybridized carbons (Fsp3) is 0.562. The molecule has 1 rings (SSSR count). The molecule has 0 spiro atoms. The third-order valence-electron chi connectivity index (χ3n) is 3.17. The second-order valence-corrected chi connectivity index (χ2v) is 7.49. The Morgan fingerprint density at radius 2 is 1.83 bits per heavy atom. The molecule has 0 aliphatic rings. The second-order valence-electron chi connectivity index (χ2n) is 5.63. The fourth-order valence-corrected chi connectivity index (χ4v) is 3.31. The Labute approximate surface area is 138 Å². The molecule has 130 valence electrons. The molecule has 0 fully saturated rings. The maximum absolute atomic E-state index is 12.2. The maximum atomic E-state index is 12.2. The number of benzene rings is 1. The zero-order chi connectivity index (χ0) is 17.5. The molecule has 0 aliphatic carbocycles. The summed E-state index contributed by atoms with van der Waals surface area (Å²) in [4.78, 5) is 12.2. The van der Waals surface area contributed by atoms with Gasteiger partial charge in [-0.2, -0.15) is 0 Å². The lowest BCUT2D eigenvalue weighted by atomic mass is 10.2. The molecule has 6 nitrogen and oxygen atoms in total. The van der Waals surface area contributed by atoms with Crippen LogP contribution < -0.4 is 9.62 Å². The molecule has 23 heavy (non-hydrogen) atoms. The van der Waals surface area contributed by atoms with Gasteiger partial charge in [-0.1, -0.05) is 18.2 Å². The third-order valence-corrected chi connectivity index (χ3v) is 4.41. The minimum Gasteiger partial charge on any atom is -0.379 e. The van der Waals surface area contributed by atoms with Crippen LogP contribution in [0.15, 0.2) is 30.3 Å². The lowest BCUT2D eigenvalue weighted by Gasteiger charge is -2.28. The molecule has 1 unspecified atom stereocenters. The molecule has 7 heteroatoms. The fourth-order valence-electron chi connectivity index (χ4n) is 2.13. The SMILES string of the molecule is CC(C)OCCCNC(=O)C(C)N(c1ccccc1)S(C)(=O)=O. The molecular formula is C16H26N2O4S. The number of nitrogens with one attached hydrogen (secondary N) is 1. The Bertz CT molecular complexity index is 587. The van der Waals surface area contributed by atoms with Crippen molar-refractivity contribution in [3.8, 4) is 0 Å². The number of carbonyl (C=O) groups excluding carboxylic acids is 1. The Hall–Kier alpha value is -1.60. The Morgan fingerprint density at radius 3 is 2.35 bits per heavy atom. The molecular weight excluding hydrogens is 316 g/mol. The summed E-state index contributed by atoms with van der Waals surface area (Å²) in [6.45, 7) is 6.48. The van der Waals surface area contributed by atoms with E-state index >= 15 is 0 Å². The largest absolute Gasteiger partial charge is 0.379 e. The number of para-hydroxylation sites is 1. The highest BCUT2D eigenvalue weighted by molar-refractivity contribution is 7.92. The second kappa shape index (κ2) is 8.88. The number of hydrogen-bond acceptors (Lipinski definition) is 4. The average molecular weight is 342 g/mol. The first-order valence-corrected chi connectivity index (χ1v) is 9.52. The molecule has 0 aliphatic heterocycles. The van der Waals surface area contributed by atoms with E-state index in [0.717, 1.165) is 10.6 Å². The van der Waals surface area contributed by atoms with Gasteiger partial charge in [0.15, 0.2) is 0 Å². The lowest BCUT2D eigenvalue weighted by Crippen LogP contribution is -2.48. The molecule has 0 saturated carbocycles. The quantitative estimate of drug-likeness (QED) is 0.694. The molecule has 1 atom stereocenters.